The van der Waals surface area contributed by atoms with Gasteiger partial charge in [-0.05, 0) is 55.0 Å². The molecular weight excluding hydrogens is 536 g/mol. The minimum atomic E-state index is -0.784. The topological polar surface area (TPSA) is 97.8 Å². The summed E-state index contributed by atoms with van der Waals surface area (Å²) in [6.07, 6.45) is 2.41. The van der Waals surface area contributed by atoms with Crippen LogP contribution in [0.3, 0.4) is 0 Å². The number of benzene rings is 2. The molecule has 9 heteroatoms. The maximum absolute atomic E-state index is 13.5. The summed E-state index contributed by atoms with van der Waals surface area (Å²) in [5.74, 6) is 0.613. The molecule has 2 aliphatic rings. The molecule has 0 aliphatic carbocycles. The highest BCUT2D eigenvalue weighted by Crippen LogP contribution is 2.42. The molecule has 2 aromatic carbocycles. The molecule has 4 rings (SSSR count). The first-order chi connectivity index (χ1) is 20.3. The Balaban J connectivity index is 1.69. The summed E-state index contributed by atoms with van der Waals surface area (Å²) in [4.78, 5) is 30.9. The van der Waals surface area contributed by atoms with E-state index in [0.29, 0.717) is 73.7 Å². The lowest BCUT2D eigenvalue weighted by Crippen LogP contribution is -2.39. The van der Waals surface area contributed by atoms with Crippen molar-refractivity contribution in [1.82, 2.24) is 9.80 Å². The van der Waals surface area contributed by atoms with Crippen LogP contribution in [0, 0.1) is 5.92 Å². The Morgan fingerprint density at radius 3 is 2.52 bits per heavy atom. The number of hydrogen-bond acceptors (Lipinski definition) is 8. The number of aliphatic hydroxyl groups is 1. The summed E-state index contributed by atoms with van der Waals surface area (Å²) < 4.78 is 22.8. The molecular formula is C33H44N2O7. The molecule has 2 saturated heterocycles. The SMILES string of the molecule is CCCOc1cccc(/C(O)=C2\C(=O)C(=O)N(CCCN3CCOCC3)C2c2ccc(OCCC(C)C)c(OC)c2)c1. The van der Waals surface area contributed by atoms with Crippen molar-refractivity contribution in [2.24, 2.45) is 5.92 Å². The molecule has 1 N–H and O–H groups in total. The van der Waals surface area contributed by atoms with Crippen molar-refractivity contribution in [2.45, 2.75) is 46.1 Å². The summed E-state index contributed by atoms with van der Waals surface area (Å²) in [6, 6.07) is 11.6. The van der Waals surface area contributed by atoms with Gasteiger partial charge in [0.05, 0.1) is 45.2 Å². The third kappa shape index (κ3) is 7.63. The molecule has 0 aromatic heterocycles. The molecule has 228 valence electrons. The van der Waals surface area contributed by atoms with Crippen LogP contribution in [0.25, 0.3) is 5.76 Å². The Kier molecular flexibility index (Phi) is 11.3. The maximum atomic E-state index is 13.5. The van der Waals surface area contributed by atoms with Crippen molar-refractivity contribution >= 4 is 17.4 Å². The lowest BCUT2D eigenvalue weighted by atomic mass is 9.95. The summed E-state index contributed by atoms with van der Waals surface area (Å²) in [6.45, 7) is 11.6. The number of carbonyl (C=O) groups excluding carboxylic acids is 2. The second kappa shape index (κ2) is 15.1. The van der Waals surface area contributed by atoms with E-state index in [1.165, 1.54) is 0 Å². The van der Waals surface area contributed by atoms with Crippen LogP contribution in [-0.4, -0.2) is 86.3 Å². The van der Waals surface area contributed by atoms with Crippen molar-refractivity contribution in [2.75, 3.05) is 59.7 Å². The third-order valence-corrected chi connectivity index (χ3v) is 7.55. The highest BCUT2D eigenvalue weighted by atomic mass is 16.5. The lowest BCUT2D eigenvalue weighted by molar-refractivity contribution is -0.140. The van der Waals surface area contributed by atoms with Crippen molar-refractivity contribution in [1.29, 1.82) is 0 Å². The monoisotopic (exact) mass is 580 g/mol. The van der Waals surface area contributed by atoms with Crippen LogP contribution in [0.1, 0.15) is 57.2 Å². The first-order valence-electron chi connectivity index (χ1n) is 15.0. The second-order valence-electron chi connectivity index (χ2n) is 11.1. The molecule has 0 radical (unpaired) electrons. The largest absolute Gasteiger partial charge is 0.507 e. The molecule has 42 heavy (non-hydrogen) atoms. The number of morpholine rings is 1. The van der Waals surface area contributed by atoms with Crippen LogP contribution in [0.4, 0.5) is 0 Å². The fourth-order valence-electron chi connectivity index (χ4n) is 5.23. The van der Waals surface area contributed by atoms with Gasteiger partial charge in [-0.3, -0.25) is 14.5 Å². The number of Topliss-reactive ketones (excluding diaryl/α,β-unsaturated/α-hetero) is 1. The van der Waals surface area contributed by atoms with Gasteiger partial charge in [0.2, 0.25) is 0 Å². The number of amides is 1. The summed E-state index contributed by atoms with van der Waals surface area (Å²) in [5, 5.41) is 11.5. The smallest absolute Gasteiger partial charge is 0.295 e. The van der Waals surface area contributed by atoms with Crippen molar-refractivity contribution in [3.8, 4) is 17.2 Å². The summed E-state index contributed by atoms with van der Waals surface area (Å²) >= 11 is 0. The molecule has 9 nitrogen and oxygen atoms in total. The number of nitrogens with zero attached hydrogens (tertiary/aromatic N) is 2. The average molecular weight is 581 g/mol. The zero-order valence-electron chi connectivity index (χ0n) is 25.3. The fraction of sp³-hybridized carbons (Fsp3) is 0.515. The van der Waals surface area contributed by atoms with E-state index in [-0.39, 0.29) is 11.3 Å². The molecule has 2 aliphatic heterocycles. The molecule has 0 spiro atoms. The van der Waals surface area contributed by atoms with Gasteiger partial charge in [0.15, 0.2) is 11.5 Å². The Morgan fingerprint density at radius 1 is 1.02 bits per heavy atom. The summed E-state index contributed by atoms with van der Waals surface area (Å²) in [5.41, 5.74) is 1.13. The second-order valence-corrected chi connectivity index (χ2v) is 11.1. The average Bonchev–Trinajstić information content (AvgIpc) is 3.25. The standard InChI is InChI=1S/C33H44N2O7/c1-5-17-41-26-9-6-8-25(21-26)31(36)29-30(24-10-11-27(28(22-24)39-4)42-18-12-23(2)3)35(33(38)32(29)37)14-7-13-34-15-19-40-20-16-34/h6,8-11,21-23,30,36H,5,7,12-20H2,1-4H3/b31-29+. The maximum Gasteiger partial charge on any atom is 0.295 e. The Labute approximate surface area is 249 Å². The third-order valence-electron chi connectivity index (χ3n) is 7.55. The number of ketones is 1. The van der Waals surface area contributed by atoms with Gasteiger partial charge in [0, 0.05) is 31.7 Å². The van der Waals surface area contributed by atoms with Crippen LogP contribution >= 0.6 is 0 Å². The van der Waals surface area contributed by atoms with Gasteiger partial charge in [-0.2, -0.15) is 0 Å². The van der Waals surface area contributed by atoms with Gasteiger partial charge in [-0.1, -0.05) is 39.0 Å². The highest BCUT2D eigenvalue weighted by molar-refractivity contribution is 6.46. The van der Waals surface area contributed by atoms with Crippen molar-refractivity contribution in [3.63, 3.8) is 0 Å². The van der Waals surface area contributed by atoms with Gasteiger partial charge in [-0.25, -0.2) is 0 Å². The zero-order chi connectivity index (χ0) is 30.1. The molecule has 2 heterocycles. The van der Waals surface area contributed by atoms with E-state index in [9.17, 15) is 14.7 Å². The van der Waals surface area contributed by atoms with Crippen LogP contribution in [0.2, 0.25) is 0 Å². The van der Waals surface area contributed by atoms with E-state index in [2.05, 4.69) is 18.7 Å². The Bertz CT molecular complexity index is 1250. The van der Waals surface area contributed by atoms with Gasteiger partial charge in [-0.15, -0.1) is 0 Å². The number of ether oxygens (including phenoxy) is 4. The van der Waals surface area contributed by atoms with Crippen LogP contribution < -0.4 is 14.2 Å². The number of rotatable bonds is 14. The minimum absolute atomic E-state index is 0.0505. The van der Waals surface area contributed by atoms with E-state index >= 15 is 0 Å². The number of likely N-dealkylation sites (tertiary alicyclic amines) is 1. The molecule has 2 fully saturated rings. The highest BCUT2D eigenvalue weighted by Gasteiger charge is 2.46. The van der Waals surface area contributed by atoms with Crippen LogP contribution in [-0.2, 0) is 14.3 Å². The van der Waals surface area contributed by atoms with Gasteiger partial charge >= 0.3 is 0 Å². The van der Waals surface area contributed by atoms with Crippen LogP contribution in [0.5, 0.6) is 17.2 Å². The van der Waals surface area contributed by atoms with E-state index in [1.54, 1.807) is 42.3 Å². The van der Waals surface area contributed by atoms with Gasteiger partial charge in [0.1, 0.15) is 11.5 Å². The Morgan fingerprint density at radius 2 is 1.81 bits per heavy atom. The predicted octanol–water partition coefficient (Wildman–Crippen LogP) is 5.05. The lowest BCUT2D eigenvalue weighted by Gasteiger charge is -2.29. The van der Waals surface area contributed by atoms with E-state index in [1.807, 2.05) is 19.1 Å². The molecule has 1 amide bonds. The van der Waals surface area contributed by atoms with E-state index in [4.69, 9.17) is 18.9 Å². The number of methoxy groups -OCH3 is 1. The quantitative estimate of drug-likeness (QED) is 0.188. The van der Waals surface area contributed by atoms with Gasteiger partial charge in [0.25, 0.3) is 11.7 Å². The molecule has 1 atom stereocenters. The minimum Gasteiger partial charge on any atom is -0.507 e. The van der Waals surface area contributed by atoms with E-state index < -0.39 is 17.7 Å². The Hall–Kier alpha value is -3.56. The molecule has 1 unspecified atom stereocenters. The predicted molar refractivity (Wildman–Crippen MR) is 161 cm³/mol. The number of carbonyl (C=O) groups is 2. The first-order valence-corrected chi connectivity index (χ1v) is 15.0. The molecule has 0 bridgehead atoms. The van der Waals surface area contributed by atoms with E-state index in [0.717, 1.165) is 32.5 Å². The first kappa shape index (κ1) is 31.4. The van der Waals surface area contributed by atoms with Crippen molar-refractivity contribution < 1.29 is 33.6 Å². The van der Waals surface area contributed by atoms with Crippen LogP contribution in [0.15, 0.2) is 48.0 Å². The molecule has 2 aromatic rings. The number of aliphatic hydroxyl groups excluding tert-OH is 1. The summed E-state index contributed by atoms with van der Waals surface area (Å²) in [7, 11) is 1.56. The zero-order valence-corrected chi connectivity index (χ0v) is 25.3. The normalized spacial score (nSPS) is 19.0. The fourth-order valence-corrected chi connectivity index (χ4v) is 5.23. The van der Waals surface area contributed by atoms with Gasteiger partial charge < -0.3 is 29.0 Å². The van der Waals surface area contributed by atoms with Crippen molar-refractivity contribution in [3.05, 3.63) is 59.2 Å². The number of hydrogen-bond donors (Lipinski definition) is 1. The molecule has 0 saturated carbocycles.